The van der Waals surface area contributed by atoms with E-state index in [1.165, 1.54) is 4.88 Å². The first-order valence-electron chi connectivity index (χ1n) is 12.4. The van der Waals surface area contributed by atoms with Crippen molar-refractivity contribution in [2.24, 2.45) is 0 Å². The molecule has 0 atom stereocenters. The number of nitrogens with zero attached hydrogens (tertiary/aromatic N) is 2. The van der Waals surface area contributed by atoms with Gasteiger partial charge in [-0.25, -0.2) is 9.78 Å². The largest absolute Gasteiger partial charge is 0.497 e. The van der Waals surface area contributed by atoms with Gasteiger partial charge in [0, 0.05) is 30.0 Å². The number of thiazole rings is 1. The quantitative estimate of drug-likeness (QED) is 0.212. The molecule has 0 aliphatic carbocycles. The van der Waals surface area contributed by atoms with Gasteiger partial charge in [-0.05, 0) is 67.9 Å². The van der Waals surface area contributed by atoms with E-state index in [0.29, 0.717) is 31.2 Å². The lowest BCUT2D eigenvalue weighted by molar-refractivity contribution is 0.152. The summed E-state index contributed by atoms with van der Waals surface area (Å²) in [5, 5.41) is 0.978. The fraction of sp³-hybridized carbons (Fsp3) is 0.267. The minimum Gasteiger partial charge on any atom is -0.497 e. The second-order valence-corrected chi connectivity index (χ2v) is 9.76. The fourth-order valence-corrected chi connectivity index (χ4v) is 4.79. The third-order valence-electron chi connectivity index (χ3n) is 6.02. The van der Waals surface area contributed by atoms with E-state index in [9.17, 15) is 4.79 Å². The first kappa shape index (κ1) is 27.0. The molecule has 0 fully saturated rings. The Kier molecular flexibility index (Phi) is 9.21. The smallest absolute Gasteiger partial charge is 0.415 e. The van der Waals surface area contributed by atoms with Crippen LogP contribution < -0.4 is 18.9 Å². The molecule has 0 aliphatic rings. The van der Waals surface area contributed by atoms with Gasteiger partial charge in [-0.1, -0.05) is 24.3 Å². The van der Waals surface area contributed by atoms with Crippen LogP contribution in [0.4, 0.5) is 4.79 Å². The molecular weight excluding hydrogens is 500 g/mol. The molecule has 0 unspecified atom stereocenters. The molecule has 0 bridgehead atoms. The van der Waals surface area contributed by atoms with E-state index in [4.69, 9.17) is 23.9 Å². The monoisotopic (exact) mass is 532 g/mol. The summed E-state index contributed by atoms with van der Waals surface area (Å²) >= 11 is 1.68. The lowest BCUT2D eigenvalue weighted by Crippen LogP contribution is -2.32. The standard InChI is InChI=1S/C30H32N2O5S/c1-5-32(30(33)37-26-15-13-24(34-3)14-16-26)20-22-9-11-25(12-10-22)36-18-17-28-21(2)38-29(31-28)23-7-6-8-27(19-23)35-4/h6-16,19H,5,17-18,20H2,1-4H3. The summed E-state index contributed by atoms with van der Waals surface area (Å²) in [5.74, 6) is 2.78. The molecule has 8 heteroatoms. The molecule has 0 N–H and O–H groups in total. The van der Waals surface area contributed by atoms with Crippen LogP contribution in [-0.2, 0) is 13.0 Å². The Morgan fingerprint density at radius 2 is 1.58 bits per heavy atom. The summed E-state index contributed by atoms with van der Waals surface area (Å²) in [6, 6.07) is 22.7. The van der Waals surface area contributed by atoms with E-state index in [0.717, 1.165) is 39.7 Å². The first-order valence-corrected chi connectivity index (χ1v) is 13.2. The average Bonchev–Trinajstić information content (AvgIpc) is 3.33. The number of methoxy groups -OCH3 is 2. The van der Waals surface area contributed by atoms with E-state index < -0.39 is 6.09 Å². The number of aryl methyl sites for hydroxylation is 1. The molecule has 0 spiro atoms. The summed E-state index contributed by atoms with van der Waals surface area (Å²) in [6.45, 7) is 5.50. The molecule has 4 rings (SSSR count). The van der Waals surface area contributed by atoms with Gasteiger partial charge in [-0.15, -0.1) is 11.3 Å². The van der Waals surface area contributed by atoms with Crippen molar-refractivity contribution in [2.75, 3.05) is 27.4 Å². The Hall–Kier alpha value is -4.04. The fourth-order valence-electron chi connectivity index (χ4n) is 3.83. The molecule has 1 amide bonds. The summed E-state index contributed by atoms with van der Waals surface area (Å²) in [7, 11) is 3.26. The Balaban J connectivity index is 1.28. The molecule has 0 saturated carbocycles. The number of benzene rings is 3. The highest BCUT2D eigenvalue weighted by atomic mass is 32.1. The van der Waals surface area contributed by atoms with E-state index in [1.54, 1.807) is 54.7 Å². The van der Waals surface area contributed by atoms with E-state index in [-0.39, 0.29) is 0 Å². The predicted octanol–water partition coefficient (Wildman–Crippen LogP) is 6.78. The molecule has 198 valence electrons. The molecular formula is C30H32N2O5S. The van der Waals surface area contributed by atoms with E-state index >= 15 is 0 Å². The van der Waals surface area contributed by atoms with Crippen molar-refractivity contribution in [3.63, 3.8) is 0 Å². The number of hydrogen-bond acceptors (Lipinski definition) is 7. The van der Waals surface area contributed by atoms with Crippen LogP contribution in [0.2, 0.25) is 0 Å². The molecule has 1 aromatic heterocycles. The lowest BCUT2D eigenvalue weighted by atomic mass is 10.2. The molecule has 1 heterocycles. The van der Waals surface area contributed by atoms with Gasteiger partial charge in [-0.3, -0.25) is 0 Å². The van der Waals surface area contributed by atoms with Gasteiger partial charge in [0.05, 0.1) is 26.5 Å². The minimum atomic E-state index is -0.398. The lowest BCUT2D eigenvalue weighted by Gasteiger charge is -2.20. The Morgan fingerprint density at radius 1 is 0.895 bits per heavy atom. The number of hydrogen-bond donors (Lipinski definition) is 0. The molecule has 3 aromatic carbocycles. The zero-order chi connectivity index (χ0) is 26.9. The van der Waals surface area contributed by atoms with E-state index in [2.05, 4.69) is 6.92 Å². The second-order valence-electron chi connectivity index (χ2n) is 8.55. The van der Waals surface area contributed by atoms with Crippen molar-refractivity contribution in [1.29, 1.82) is 0 Å². The normalized spacial score (nSPS) is 10.6. The Bertz CT molecular complexity index is 1340. The predicted molar refractivity (Wildman–Crippen MR) is 150 cm³/mol. The Morgan fingerprint density at radius 3 is 2.26 bits per heavy atom. The van der Waals surface area contributed by atoms with Crippen molar-refractivity contribution >= 4 is 17.4 Å². The molecule has 0 saturated heterocycles. The first-order chi connectivity index (χ1) is 18.5. The highest BCUT2D eigenvalue weighted by molar-refractivity contribution is 7.15. The van der Waals surface area contributed by atoms with Crippen LogP contribution in [0.5, 0.6) is 23.0 Å². The summed E-state index contributed by atoms with van der Waals surface area (Å²) < 4.78 is 22.0. The second kappa shape index (κ2) is 13.0. The highest BCUT2D eigenvalue weighted by Crippen LogP contribution is 2.30. The summed E-state index contributed by atoms with van der Waals surface area (Å²) in [5.41, 5.74) is 3.08. The van der Waals surface area contributed by atoms with Crippen LogP contribution in [0.1, 0.15) is 23.1 Å². The number of rotatable bonds is 11. The van der Waals surface area contributed by atoms with Crippen molar-refractivity contribution in [2.45, 2.75) is 26.8 Å². The van der Waals surface area contributed by atoms with Gasteiger partial charge >= 0.3 is 6.09 Å². The number of ether oxygens (including phenoxy) is 4. The van der Waals surface area contributed by atoms with Crippen molar-refractivity contribution in [1.82, 2.24) is 9.88 Å². The number of carbonyl (C=O) groups excluding carboxylic acids is 1. The third kappa shape index (κ3) is 7.04. The highest BCUT2D eigenvalue weighted by Gasteiger charge is 2.15. The van der Waals surface area contributed by atoms with Gasteiger partial charge in [0.2, 0.25) is 0 Å². The molecule has 38 heavy (non-hydrogen) atoms. The van der Waals surface area contributed by atoms with Gasteiger partial charge in [0.1, 0.15) is 28.0 Å². The molecule has 0 aliphatic heterocycles. The molecule has 7 nitrogen and oxygen atoms in total. The van der Waals surface area contributed by atoms with Crippen LogP contribution in [0.3, 0.4) is 0 Å². The van der Waals surface area contributed by atoms with Crippen LogP contribution in [-0.4, -0.2) is 43.3 Å². The van der Waals surface area contributed by atoms with Gasteiger partial charge in [-0.2, -0.15) is 0 Å². The third-order valence-corrected chi connectivity index (χ3v) is 7.08. The van der Waals surface area contributed by atoms with Crippen molar-refractivity contribution in [3.05, 3.63) is 88.9 Å². The maximum atomic E-state index is 12.6. The van der Waals surface area contributed by atoms with Gasteiger partial charge < -0.3 is 23.8 Å². The van der Waals surface area contributed by atoms with Crippen LogP contribution in [0.25, 0.3) is 10.6 Å². The topological polar surface area (TPSA) is 70.1 Å². The maximum absolute atomic E-state index is 12.6. The number of carbonyl (C=O) groups is 1. The average molecular weight is 533 g/mol. The van der Waals surface area contributed by atoms with Crippen molar-refractivity contribution in [3.8, 4) is 33.6 Å². The SMILES string of the molecule is CCN(Cc1ccc(OCCc2nc(-c3cccc(OC)c3)sc2C)cc1)C(=O)Oc1ccc(OC)cc1. The van der Waals surface area contributed by atoms with E-state index in [1.807, 2.05) is 55.5 Å². The van der Waals surface area contributed by atoms with Crippen LogP contribution in [0, 0.1) is 6.92 Å². The summed E-state index contributed by atoms with van der Waals surface area (Å²) in [6.07, 6.45) is 0.319. The zero-order valence-electron chi connectivity index (χ0n) is 22.1. The van der Waals surface area contributed by atoms with Gasteiger partial charge in [0.15, 0.2) is 0 Å². The summed E-state index contributed by atoms with van der Waals surface area (Å²) in [4.78, 5) is 20.3. The number of amides is 1. The Labute approximate surface area is 227 Å². The number of aromatic nitrogens is 1. The zero-order valence-corrected chi connectivity index (χ0v) is 22.9. The molecule has 4 aromatic rings. The van der Waals surface area contributed by atoms with Gasteiger partial charge in [0.25, 0.3) is 0 Å². The van der Waals surface area contributed by atoms with Crippen LogP contribution in [0.15, 0.2) is 72.8 Å². The maximum Gasteiger partial charge on any atom is 0.415 e. The molecule has 0 radical (unpaired) electrons. The minimum absolute atomic E-state index is 0.398. The van der Waals surface area contributed by atoms with Crippen molar-refractivity contribution < 1.29 is 23.7 Å². The van der Waals surface area contributed by atoms with Crippen LogP contribution >= 0.6 is 11.3 Å².